The molecule has 0 amide bonds. The summed E-state index contributed by atoms with van der Waals surface area (Å²) >= 11 is 0. The molecule has 21 heavy (non-hydrogen) atoms. The van der Waals surface area contributed by atoms with E-state index in [9.17, 15) is 0 Å². The molecule has 0 radical (unpaired) electrons. The van der Waals surface area contributed by atoms with Crippen molar-refractivity contribution in [3.8, 4) is 5.95 Å². The minimum absolute atomic E-state index is 0.355. The average Bonchev–Trinajstić information content (AvgIpc) is 3.15. The number of benzene rings is 1. The zero-order valence-electron chi connectivity index (χ0n) is 11.3. The lowest BCUT2D eigenvalue weighted by molar-refractivity contribution is 0.182. The summed E-state index contributed by atoms with van der Waals surface area (Å²) in [5.41, 5.74) is 9.07. The number of nitrogens with zero attached hydrogens (tertiary/aromatic N) is 4. The SMILES string of the molecule is COCc1nn(-c2nc3ccccc3[nH]2)c2n[nH]c(N)c12. The average molecular weight is 283 g/mol. The van der Waals surface area contributed by atoms with Crippen LogP contribution in [0.5, 0.6) is 0 Å². The van der Waals surface area contributed by atoms with Crippen molar-refractivity contribution in [2.45, 2.75) is 6.61 Å². The number of nitrogens with two attached hydrogens (primary N) is 1. The number of aromatic nitrogens is 6. The van der Waals surface area contributed by atoms with Gasteiger partial charge in [0.05, 0.1) is 23.0 Å². The smallest absolute Gasteiger partial charge is 0.231 e. The standard InChI is InChI=1S/C13H13N7O/c1-21-6-9-10-11(14)17-18-12(10)20(19-9)13-15-7-4-2-3-5-8(7)16-13/h2-5H,6H2,1H3,(H,15,16)(H3,14,17,18). The Hall–Kier alpha value is -2.87. The van der Waals surface area contributed by atoms with E-state index in [1.54, 1.807) is 11.8 Å². The van der Waals surface area contributed by atoms with E-state index in [4.69, 9.17) is 10.5 Å². The Balaban J connectivity index is 1.97. The van der Waals surface area contributed by atoms with Crippen LogP contribution in [0, 0.1) is 0 Å². The Morgan fingerprint density at radius 3 is 3.00 bits per heavy atom. The number of hydrogen-bond acceptors (Lipinski definition) is 5. The van der Waals surface area contributed by atoms with Gasteiger partial charge in [0, 0.05) is 7.11 Å². The third kappa shape index (κ3) is 1.69. The molecule has 0 spiro atoms. The number of ether oxygens (including phenoxy) is 1. The first-order chi connectivity index (χ1) is 10.3. The van der Waals surface area contributed by atoms with Crippen LogP contribution >= 0.6 is 0 Å². The molecule has 8 nitrogen and oxygen atoms in total. The van der Waals surface area contributed by atoms with Gasteiger partial charge in [-0.2, -0.15) is 14.9 Å². The summed E-state index contributed by atoms with van der Waals surface area (Å²) in [5, 5.41) is 12.2. The summed E-state index contributed by atoms with van der Waals surface area (Å²) in [7, 11) is 1.61. The first-order valence-electron chi connectivity index (χ1n) is 6.43. The molecule has 3 aromatic heterocycles. The molecular formula is C13H13N7O. The first-order valence-corrected chi connectivity index (χ1v) is 6.43. The fourth-order valence-electron chi connectivity index (χ4n) is 2.43. The van der Waals surface area contributed by atoms with Gasteiger partial charge in [-0.15, -0.1) is 0 Å². The van der Waals surface area contributed by atoms with Crippen LogP contribution in [0.3, 0.4) is 0 Å². The van der Waals surface area contributed by atoms with Crippen molar-refractivity contribution in [1.29, 1.82) is 0 Å². The Labute approximate surface area is 118 Å². The third-order valence-corrected chi connectivity index (χ3v) is 3.34. The molecule has 0 unspecified atom stereocenters. The van der Waals surface area contributed by atoms with Crippen molar-refractivity contribution < 1.29 is 4.74 Å². The molecule has 3 heterocycles. The summed E-state index contributed by atoms with van der Waals surface area (Å²) in [6.45, 7) is 0.355. The highest BCUT2D eigenvalue weighted by molar-refractivity contribution is 5.90. The van der Waals surface area contributed by atoms with Gasteiger partial charge < -0.3 is 15.5 Å². The second kappa shape index (κ2) is 4.32. The number of anilines is 1. The van der Waals surface area contributed by atoms with E-state index in [0.717, 1.165) is 22.1 Å². The monoisotopic (exact) mass is 283 g/mol. The van der Waals surface area contributed by atoms with Crippen LogP contribution in [0.25, 0.3) is 28.0 Å². The normalized spacial score (nSPS) is 11.7. The van der Waals surface area contributed by atoms with Crippen LogP contribution in [0.4, 0.5) is 5.82 Å². The van der Waals surface area contributed by atoms with E-state index in [0.29, 0.717) is 24.0 Å². The number of aromatic amines is 2. The van der Waals surface area contributed by atoms with E-state index < -0.39 is 0 Å². The van der Waals surface area contributed by atoms with Crippen molar-refractivity contribution in [3.05, 3.63) is 30.0 Å². The van der Waals surface area contributed by atoms with Crippen molar-refractivity contribution in [1.82, 2.24) is 29.9 Å². The lowest BCUT2D eigenvalue weighted by atomic mass is 10.3. The molecule has 0 aliphatic rings. The highest BCUT2D eigenvalue weighted by Crippen LogP contribution is 2.25. The van der Waals surface area contributed by atoms with Crippen LogP contribution in [-0.4, -0.2) is 37.1 Å². The molecule has 0 saturated carbocycles. The first kappa shape index (κ1) is 11.9. The third-order valence-electron chi connectivity index (χ3n) is 3.34. The fraction of sp³-hybridized carbons (Fsp3) is 0.154. The number of para-hydroxylation sites is 2. The predicted octanol–water partition coefficient (Wildman–Crippen LogP) is 1.35. The number of rotatable bonds is 3. The number of methoxy groups -OCH3 is 1. The molecule has 4 rings (SSSR count). The van der Waals surface area contributed by atoms with Crippen molar-refractivity contribution in [2.75, 3.05) is 12.8 Å². The van der Waals surface area contributed by atoms with Crippen LogP contribution in [-0.2, 0) is 11.3 Å². The Morgan fingerprint density at radius 1 is 1.33 bits per heavy atom. The summed E-state index contributed by atoms with van der Waals surface area (Å²) in [6, 6.07) is 7.78. The number of nitrogens with one attached hydrogen (secondary N) is 2. The zero-order valence-corrected chi connectivity index (χ0v) is 11.3. The van der Waals surface area contributed by atoms with Gasteiger partial charge >= 0.3 is 0 Å². The maximum Gasteiger partial charge on any atom is 0.231 e. The van der Waals surface area contributed by atoms with E-state index in [1.807, 2.05) is 24.3 Å². The van der Waals surface area contributed by atoms with Gasteiger partial charge in [-0.1, -0.05) is 12.1 Å². The summed E-state index contributed by atoms with van der Waals surface area (Å²) in [5.74, 6) is 1.06. The van der Waals surface area contributed by atoms with E-state index in [2.05, 4.69) is 25.3 Å². The van der Waals surface area contributed by atoms with Gasteiger partial charge in [-0.3, -0.25) is 5.10 Å². The summed E-state index contributed by atoms with van der Waals surface area (Å²) < 4.78 is 6.80. The molecule has 0 aliphatic carbocycles. The summed E-state index contributed by atoms with van der Waals surface area (Å²) in [4.78, 5) is 7.75. The van der Waals surface area contributed by atoms with Gasteiger partial charge in [0.2, 0.25) is 5.95 Å². The highest BCUT2D eigenvalue weighted by Gasteiger charge is 2.19. The van der Waals surface area contributed by atoms with Crippen molar-refractivity contribution in [2.24, 2.45) is 0 Å². The molecule has 1 aromatic carbocycles. The number of H-pyrrole nitrogens is 2. The maximum absolute atomic E-state index is 5.92. The van der Waals surface area contributed by atoms with E-state index in [1.165, 1.54) is 0 Å². The number of fused-ring (bicyclic) bond motifs is 2. The van der Waals surface area contributed by atoms with Gasteiger partial charge in [0.15, 0.2) is 5.65 Å². The van der Waals surface area contributed by atoms with Crippen LogP contribution in [0.15, 0.2) is 24.3 Å². The largest absolute Gasteiger partial charge is 0.383 e. The minimum atomic E-state index is 0.355. The molecule has 0 fully saturated rings. The molecule has 0 saturated heterocycles. The quantitative estimate of drug-likeness (QED) is 0.525. The molecule has 0 aliphatic heterocycles. The molecule has 0 bridgehead atoms. The number of hydrogen-bond donors (Lipinski definition) is 3. The molecular weight excluding hydrogens is 270 g/mol. The molecule has 4 N–H and O–H groups in total. The Morgan fingerprint density at radius 2 is 2.19 bits per heavy atom. The molecule has 0 atom stereocenters. The maximum atomic E-state index is 5.92. The minimum Gasteiger partial charge on any atom is -0.383 e. The molecule has 4 aromatic rings. The van der Waals surface area contributed by atoms with Crippen molar-refractivity contribution in [3.63, 3.8) is 0 Å². The van der Waals surface area contributed by atoms with Crippen molar-refractivity contribution >= 4 is 27.9 Å². The highest BCUT2D eigenvalue weighted by atomic mass is 16.5. The fourth-order valence-corrected chi connectivity index (χ4v) is 2.43. The van der Waals surface area contributed by atoms with E-state index in [-0.39, 0.29) is 0 Å². The molecule has 106 valence electrons. The van der Waals surface area contributed by atoms with Gasteiger partial charge in [0.25, 0.3) is 0 Å². The van der Waals surface area contributed by atoms with Gasteiger partial charge in [0.1, 0.15) is 11.5 Å². The second-order valence-electron chi connectivity index (χ2n) is 4.70. The Kier molecular flexibility index (Phi) is 2.45. The van der Waals surface area contributed by atoms with Gasteiger partial charge in [-0.05, 0) is 12.1 Å². The predicted molar refractivity (Wildman–Crippen MR) is 78.0 cm³/mol. The second-order valence-corrected chi connectivity index (χ2v) is 4.70. The van der Waals surface area contributed by atoms with Gasteiger partial charge in [-0.25, -0.2) is 4.98 Å². The number of nitrogen functional groups attached to an aromatic ring is 1. The Bertz CT molecular complexity index is 900. The lowest BCUT2D eigenvalue weighted by Crippen LogP contribution is -2.01. The lowest BCUT2D eigenvalue weighted by Gasteiger charge is -1.96. The summed E-state index contributed by atoms with van der Waals surface area (Å²) in [6.07, 6.45) is 0. The van der Waals surface area contributed by atoms with E-state index >= 15 is 0 Å². The van der Waals surface area contributed by atoms with Crippen LogP contribution in [0.2, 0.25) is 0 Å². The topological polar surface area (TPSA) is 110 Å². The zero-order chi connectivity index (χ0) is 14.4. The number of imidazole rings is 1. The van der Waals surface area contributed by atoms with Crippen LogP contribution < -0.4 is 5.73 Å². The molecule has 8 heteroatoms. The van der Waals surface area contributed by atoms with Crippen LogP contribution in [0.1, 0.15) is 5.69 Å².